The smallest absolute Gasteiger partial charge is 0.244 e. The summed E-state index contributed by atoms with van der Waals surface area (Å²) in [6.07, 6.45) is 6.87. The van der Waals surface area contributed by atoms with E-state index in [0.29, 0.717) is 23.0 Å². The first-order valence-electron chi connectivity index (χ1n) is 8.98. The Kier molecular flexibility index (Phi) is 6.45. The van der Waals surface area contributed by atoms with Crippen molar-refractivity contribution in [2.24, 2.45) is 5.92 Å². The van der Waals surface area contributed by atoms with Crippen LogP contribution in [-0.4, -0.2) is 30.5 Å². The van der Waals surface area contributed by atoms with Crippen molar-refractivity contribution in [1.29, 1.82) is 5.26 Å². The molecule has 0 atom stereocenters. The lowest BCUT2D eigenvalue weighted by Gasteiger charge is -2.33. The molecular formula is C21H21ClN4O. The zero-order valence-corrected chi connectivity index (χ0v) is 15.7. The van der Waals surface area contributed by atoms with E-state index >= 15 is 0 Å². The van der Waals surface area contributed by atoms with E-state index in [9.17, 15) is 10.1 Å². The van der Waals surface area contributed by atoms with Crippen molar-refractivity contribution in [3.05, 3.63) is 64.8 Å². The predicted octanol–water partition coefficient (Wildman–Crippen LogP) is 3.65. The molecule has 27 heavy (non-hydrogen) atoms. The fourth-order valence-corrected chi connectivity index (χ4v) is 3.36. The monoisotopic (exact) mass is 380 g/mol. The van der Waals surface area contributed by atoms with Crippen LogP contribution in [0.3, 0.4) is 0 Å². The van der Waals surface area contributed by atoms with Gasteiger partial charge in [0, 0.05) is 36.9 Å². The van der Waals surface area contributed by atoms with E-state index in [-0.39, 0.29) is 5.91 Å². The van der Waals surface area contributed by atoms with E-state index in [1.807, 2.05) is 18.2 Å². The number of hydrogen-bond acceptors (Lipinski definition) is 4. The summed E-state index contributed by atoms with van der Waals surface area (Å²) in [5.41, 5.74) is 1.43. The van der Waals surface area contributed by atoms with Gasteiger partial charge in [-0.25, -0.2) is 4.98 Å². The summed E-state index contributed by atoms with van der Waals surface area (Å²) in [5.74, 6) is 1.06. The van der Waals surface area contributed by atoms with Crippen LogP contribution < -0.4 is 10.2 Å². The molecule has 138 valence electrons. The van der Waals surface area contributed by atoms with Gasteiger partial charge in [-0.3, -0.25) is 4.79 Å². The second-order valence-electron chi connectivity index (χ2n) is 6.52. The maximum atomic E-state index is 12.0. The van der Waals surface area contributed by atoms with Crippen molar-refractivity contribution in [2.45, 2.75) is 12.8 Å². The van der Waals surface area contributed by atoms with Gasteiger partial charge in [0.2, 0.25) is 5.91 Å². The maximum Gasteiger partial charge on any atom is 0.244 e. The van der Waals surface area contributed by atoms with Gasteiger partial charge in [0.1, 0.15) is 11.9 Å². The number of aromatic nitrogens is 1. The van der Waals surface area contributed by atoms with E-state index in [2.05, 4.69) is 21.3 Å². The molecule has 3 rings (SSSR count). The molecule has 0 unspecified atom stereocenters. The van der Waals surface area contributed by atoms with E-state index in [1.165, 1.54) is 6.08 Å². The first-order valence-corrected chi connectivity index (χ1v) is 9.35. The number of carbonyl (C=O) groups is 1. The minimum absolute atomic E-state index is 0.117. The van der Waals surface area contributed by atoms with Crippen LogP contribution in [-0.2, 0) is 4.79 Å². The van der Waals surface area contributed by atoms with E-state index < -0.39 is 0 Å². The molecule has 2 aromatic rings. The predicted molar refractivity (Wildman–Crippen MR) is 107 cm³/mol. The highest BCUT2D eigenvalue weighted by Gasteiger charge is 2.22. The Morgan fingerprint density at radius 1 is 1.30 bits per heavy atom. The molecule has 5 nitrogen and oxygen atoms in total. The fourth-order valence-electron chi connectivity index (χ4n) is 3.16. The maximum absolute atomic E-state index is 12.0. The number of hydrogen-bond donors (Lipinski definition) is 1. The number of pyridine rings is 1. The molecule has 0 aliphatic carbocycles. The van der Waals surface area contributed by atoms with Gasteiger partial charge in [0.05, 0.1) is 5.56 Å². The normalized spacial score (nSPS) is 14.9. The number of carbonyl (C=O) groups excluding carboxylic acids is 1. The van der Waals surface area contributed by atoms with Crippen LogP contribution in [0, 0.1) is 17.2 Å². The number of nitrogens with one attached hydrogen (secondary N) is 1. The van der Waals surface area contributed by atoms with Crippen molar-refractivity contribution in [3.63, 3.8) is 0 Å². The number of amides is 1. The highest BCUT2D eigenvalue weighted by molar-refractivity contribution is 6.32. The number of nitrogens with zero attached hydrogens (tertiary/aromatic N) is 3. The summed E-state index contributed by atoms with van der Waals surface area (Å²) in [5, 5.41) is 12.8. The second kappa shape index (κ2) is 9.20. The van der Waals surface area contributed by atoms with Crippen LogP contribution >= 0.6 is 11.6 Å². The van der Waals surface area contributed by atoms with Crippen LogP contribution in [0.4, 0.5) is 5.82 Å². The summed E-state index contributed by atoms with van der Waals surface area (Å²) < 4.78 is 0. The van der Waals surface area contributed by atoms with Gasteiger partial charge in [-0.2, -0.15) is 5.26 Å². The molecule has 1 saturated heterocycles. The van der Waals surface area contributed by atoms with Crippen molar-refractivity contribution in [3.8, 4) is 6.07 Å². The summed E-state index contributed by atoms with van der Waals surface area (Å²) in [6.45, 7) is 2.32. The van der Waals surface area contributed by atoms with Gasteiger partial charge in [0.15, 0.2) is 0 Å². The highest BCUT2D eigenvalue weighted by atomic mass is 35.5. The quantitative estimate of drug-likeness (QED) is 0.804. The molecule has 0 saturated carbocycles. The van der Waals surface area contributed by atoms with E-state index in [1.54, 1.807) is 30.5 Å². The van der Waals surface area contributed by atoms with Crippen molar-refractivity contribution in [1.82, 2.24) is 10.3 Å². The lowest BCUT2D eigenvalue weighted by Crippen LogP contribution is -2.39. The molecule has 0 spiro atoms. The van der Waals surface area contributed by atoms with Crippen molar-refractivity contribution in [2.75, 3.05) is 24.5 Å². The Labute approximate surface area is 164 Å². The number of anilines is 1. The third kappa shape index (κ3) is 5.08. The average Bonchev–Trinajstić information content (AvgIpc) is 2.72. The summed E-state index contributed by atoms with van der Waals surface area (Å²) >= 11 is 6.08. The summed E-state index contributed by atoms with van der Waals surface area (Å²) in [6, 6.07) is 13.2. The molecule has 2 heterocycles. The fraction of sp³-hybridized carbons (Fsp3) is 0.286. The lowest BCUT2D eigenvalue weighted by atomic mass is 9.96. The molecule has 1 aromatic carbocycles. The van der Waals surface area contributed by atoms with Gasteiger partial charge >= 0.3 is 0 Å². The molecule has 1 aliphatic rings. The van der Waals surface area contributed by atoms with Crippen LogP contribution in [0.2, 0.25) is 5.02 Å². The Hall–Kier alpha value is -2.84. The molecule has 1 fully saturated rings. The molecule has 1 aliphatic heterocycles. The number of piperidine rings is 1. The Morgan fingerprint density at radius 2 is 2.07 bits per heavy atom. The lowest BCUT2D eigenvalue weighted by molar-refractivity contribution is -0.116. The topological polar surface area (TPSA) is 69.0 Å². The van der Waals surface area contributed by atoms with Crippen molar-refractivity contribution < 1.29 is 4.79 Å². The van der Waals surface area contributed by atoms with Gasteiger partial charge in [-0.05, 0) is 48.6 Å². The third-order valence-corrected chi connectivity index (χ3v) is 5.05. The number of halogens is 1. The standard InChI is InChI=1S/C21H21ClN4O/c22-19-6-2-1-4-17(19)7-8-20(27)25-15-16-9-12-26(13-10-16)21-18(14-23)5-3-11-24-21/h1-8,11,16H,9-10,12-13,15H2,(H,25,27)/b8-7+. The average molecular weight is 381 g/mol. The van der Waals surface area contributed by atoms with Gasteiger partial charge in [-0.15, -0.1) is 0 Å². The Balaban J connectivity index is 1.46. The Bertz CT molecular complexity index is 866. The molecule has 0 radical (unpaired) electrons. The van der Waals surface area contributed by atoms with Crippen molar-refractivity contribution >= 4 is 29.4 Å². The Morgan fingerprint density at radius 3 is 2.81 bits per heavy atom. The first-order chi connectivity index (χ1) is 13.2. The number of rotatable bonds is 5. The van der Waals surface area contributed by atoms with Crippen LogP contribution in [0.1, 0.15) is 24.0 Å². The summed E-state index contributed by atoms with van der Waals surface area (Å²) in [7, 11) is 0. The van der Waals surface area contributed by atoms with Gasteiger partial charge in [0.25, 0.3) is 0 Å². The van der Waals surface area contributed by atoms with Crippen LogP contribution in [0.5, 0.6) is 0 Å². The molecule has 6 heteroatoms. The molecule has 1 aromatic heterocycles. The SMILES string of the molecule is N#Cc1cccnc1N1CCC(CNC(=O)/C=C/c2ccccc2Cl)CC1. The molecule has 1 N–H and O–H groups in total. The highest BCUT2D eigenvalue weighted by Crippen LogP contribution is 2.23. The number of nitriles is 1. The number of benzene rings is 1. The second-order valence-corrected chi connectivity index (χ2v) is 6.92. The minimum Gasteiger partial charge on any atom is -0.356 e. The first kappa shape index (κ1) is 18.9. The summed E-state index contributed by atoms with van der Waals surface area (Å²) in [4.78, 5) is 18.5. The zero-order chi connectivity index (χ0) is 19.1. The molecule has 1 amide bonds. The minimum atomic E-state index is -0.117. The van der Waals surface area contributed by atoms with E-state index in [0.717, 1.165) is 37.3 Å². The zero-order valence-electron chi connectivity index (χ0n) is 14.9. The van der Waals surface area contributed by atoms with Gasteiger partial charge < -0.3 is 10.2 Å². The third-order valence-electron chi connectivity index (χ3n) is 4.71. The van der Waals surface area contributed by atoms with Crippen LogP contribution in [0.25, 0.3) is 6.08 Å². The van der Waals surface area contributed by atoms with E-state index in [4.69, 9.17) is 11.6 Å². The van der Waals surface area contributed by atoms with Gasteiger partial charge in [-0.1, -0.05) is 29.8 Å². The largest absolute Gasteiger partial charge is 0.356 e. The molecular weight excluding hydrogens is 360 g/mol. The van der Waals surface area contributed by atoms with Crippen LogP contribution in [0.15, 0.2) is 48.7 Å². The molecule has 0 bridgehead atoms.